The maximum atomic E-state index is 12.1. The van der Waals surface area contributed by atoms with Crippen LogP contribution in [0.15, 0.2) is 35.1 Å². The highest BCUT2D eigenvalue weighted by Crippen LogP contribution is 2.13. The van der Waals surface area contributed by atoms with Gasteiger partial charge in [-0.1, -0.05) is 18.2 Å². The zero-order valence-corrected chi connectivity index (χ0v) is 12.5. The number of carbonyl (C=O) groups is 1. The average molecular weight is 302 g/mol. The molecule has 0 aliphatic heterocycles. The van der Waals surface area contributed by atoms with Crippen molar-refractivity contribution in [2.75, 3.05) is 18.2 Å². The summed E-state index contributed by atoms with van der Waals surface area (Å²) in [5.41, 5.74) is 7.41. The minimum atomic E-state index is -0.389. The smallest absolute Gasteiger partial charge is 0.255 e. The molecule has 0 bridgehead atoms. The Balaban J connectivity index is 2.15. The Bertz CT molecular complexity index is 740. The fraction of sp³-hybridized carbons (Fsp3) is 0.267. The topological polar surface area (TPSA) is 99.2 Å². The van der Waals surface area contributed by atoms with Crippen molar-refractivity contribution in [1.29, 1.82) is 0 Å². The summed E-state index contributed by atoms with van der Waals surface area (Å²) >= 11 is 0. The highest BCUT2D eigenvalue weighted by Gasteiger charge is 2.11. The van der Waals surface area contributed by atoms with Gasteiger partial charge >= 0.3 is 0 Å². The maximum absolute atomic E-state index is 12.1. The molecule has 7 nitrogen and oxygen atoms in total. The van der Waals surface area contributed by atoms with Crippen LogP contribution in [0.4, 0.5) is 11.6 Å². The SMILES string of the molecule is COCc1cc(=O)n(CC(=O)Nc2ccccc2C)c(N)n1. The van der Waals surface area contributed by atoms with E-state index in [1.807, 2.05) is 25.1 Å². The van der Waals surface area contributed by atoms with Gasteiger partial charge in [-0.3, -0.25) is 14.2 Å². The first-order chi connectivity index (χ1) is 10.5. The summed E-state index contributed by atoms with van der Waals surface area (Å²) in [4.78, 5) is 28.1. The Hall–Kier alpha value is -2.67. The molecule has 0 aliphatic carbocycles. The second kappa shape index (κ2) is 6.86. The zero-order valence-electron chi connectivity index (χ0n) is 12.5. The summed E-state index contributed by atoms with van der Waals surface area (Å²) in [5, 5.41) is 2.75. The molecule has 1 aromatic carbocycles. The van der Waals surface area contributed by atoms with Gasteiger partial charge in [0, 0.05) is 18.9 Å². The molecule has 1 amide bonds. The molecule has 0 saturated carbocycles. The highest BCUT2D eigenvalue weighted by molar-refractivity contribution is 5.91. The molecule has 0 atom stereocenters. The van der Waals surface area contributed by atoms with E-state index in [2.05, 4.69) is 10.3 Å². The minimum Gasteiger partial charge on any atom is -0.378 e. The number of anilines is 2. The number of benzene rings is 1. The number of rotatable bonds is 5. The van der Waals surface area contributed by atoms with Crippen LogP contribution >= 0.6 is 0 Å². The fourth-order valence-corrected chi connectivity index (χ4v) is 2.00. The van der Waals surface area contributed by atoms with Crippen molar-refractivity contribution in [3.8, 4) is 0 Å². The predicted molar refractivity (Wildman–Crippen MR) is 83.4 cm³/mol. The number of aryl methyl sites for hydroxylation is 1. The molecule has 22 heavy (non-hydrogen) atoms. The number of hydrogen-bond acceptors (Lipinski definition) is 5. The van der Waals surface area contributed by atoms with Crippen molar-refractivity contribution in [3.05, 3.63) is 51.9 Å². The van der Waals surface area contributed by atoms with E-state index in [1.165, 1.54) is 13.2 Å². The minimum absolute atomic E-state index is 0.0144. The van der Waals surface area contributed by atoms with E-state index in [-0.39, 0.29) is 30.6 Å². The summed E-state index contributed by atoms with van der Waals surface area (Å²) in [6.07, 6.45) is 0. The number of hydrogen-bond donors (Lipinski definition) is 2. The fourth-order valence-electron chi connectivity index (χ4n) is 2.00. The van der Waals surface area contributed by atoms with Gasteiger partial charge in [0.1, 0.15) is 6.54 Å². The van der Waals surface area contributed by atoms with E-state index < -0.39 is 0 Å². The summed E-state index contributed by atoms with van der Waals surface area (Å²) < 4.78 is 6.02. The Morgan fingerprint density at radius 1 is 1.41 bits per heavy atom. The largest absolute Gasteiger partial charge is 0.378 e. The van der Waals surface area contributed by atoms with Crippen LogP contribution in [0.1, 0.15) is 11.3 Å². The average Bonchev–Trinajstić information content (AvgIpc) is 2.46. The third kappa shape index (κ3) is 3.70. The summed E-state index contributed by atoms with van der Waals surface area (Å²) in [6, 6.07) is 8.69. The van der Waals surface area contributed by atoms with Gasteiger partial charge in [-0.25, -0.2) is 4.98 Å². The molecule has 0 spiro atoms. The Kier molecular flexibility index (Phi) is 4.90. The van der Waals surface area contributed by atoms with E-state index in [9.17, 15) is 9.59 Å². The quantitative estimate of drug-likeness (QED) is 0.855. The van der Waals surface area contributed by atoms with Crippen LogP contribution < -0.4 is 16.6 Å². The van der Waals surface area contributed by atoms with E-state index in [0.717, 1.165) is 10.1 Å². The van der Waals surface area contributed by atoms with Gasteiger partial charge in [-0.15, -0.1) is 0 Å². The number of nitrogens with one attached hydrogen (secondary N) is 1. The van der Waals surface area contributed by atoms with Gasteiger partial charge in [-0.05, 0) is 18.6 Å². The molecular weight excluding hydrogens is 284 g/mol. The van der Waals surface area contributed by atoms with Crippen molar-refractivity contribution in [3.63, 3.8) is 0 Å². The van der Waals surface area contributed by atoms with E-state index in [1.54, 1.807) is 6.07 Å². The number of para-hydroxylation sites is 1. The molecule has 116 valence electrons. The second-order valence-corrected chi connectivity index (χ2v) is 4.83. The Morgan fingerprint density at radius 2 is 2.14 bits per heavy atom. The van der Waals surface area contributed by atoms with Crippen LogP contribution in [0.2, 0.25) is 0 Å². The number of nitrogen functional groups attached to an aromatic ring is 1. The van der Waals surface area contributed by atoms with Crippen LogP contribution in [-0.4, -0.2) is 22.6 Å². The monoisotopic (exact) mass is 302 g/mol. The molecule has 2 aromatic rings. The lowest BCUT2D eigenvalue weighted by Gasteiger charge is -2.11. The number of carbonyl (C=O) groups excluding carboxylic acids is 1. The Labute approximate surface area is 127 Å². The van der Waals surface area contributed by atoms with E-state index in [4.69, 9.17) is 10.5 Å². The summed E-state index contributed by atoms with van der Waals surface area (Å²) in [6.45, 7) is 1.88. The molecule has 0 aliphatic rings. The van der Waals surface area contributed by atoms with Gasteiger partial charge in [0.05, 0.1) is 12.3 Å². The number of methoxy groups -OCH3 is 1. The lowest BCUT2D eigenvalue weighted by atomic mass is 10.2. The van der Waals surface area contributed by atoms with Crippen LogP contribution in [0, 0.1) is 6.92 Å². The summed E-state index contributed by atoms with van der Waals surface area (Å²) in [7, 11) is 1.50. The lowest BCUT2D eigenvalue weighted by molar-refractivity contribution is -0.116. The maximum Gasteiger partial charge on any atom is 0.255 e. The molecule has 1 heterocycles. The van der Waals surface area contributed by atoms with Crippen LogP contribution in [0.3, 0.4) is 0 Å². The molecule has 7 heteroatoms. The lowest BCUT2D eigenvalue weighted by Crippen LogP contribution is -2.30. The van der Waals surface area contributed by atoms with Crippen LogP contribution in [0.5, 0.6) is 0 Å². The molecule has 0 radical (unpaired) electrons. The van der Waals surface area contributed by atoms with Gasteiger partial charge in [-0.2, -0.15) is 0 Å². The van der Waals surface area contributed by atoms with Crippen LogP contribution in [0.25, 0.3) is 0 Å². The molecule has 0 unspecified atom stereocenters. The number of nitrogens with zero attached hydrogens (tertiary/aromatic N) is 2. The van der Waals surface area contributed by atoms with Crippen LogP contribution in [-0.2, 0) is 22.7 Å². The third-order valence-corrected chi connectivity index (χ3v) is 3.10. The van der Waals surface area contributed by atoms with Gasteiger partial charge in [0.2, 0.25) is 11.9 Å². The van der Waals surface area contributed by atoms with Gasteiger partial charge in [0.15, 0.2) is 0 Å². The van der Waals surface area contributed by atoms with E-state index >= 15 is 0 Å². The number of ether oxygens (including phenoxy) is 1. The normalized spacial score (nSPS) is 10.5. The van der Waals surface area contributed by atoms with Gasteiger partial charge in [0.25, 0.3) is 5.56 Å². The number of amides is 1. The molecular formula is C15H18N4O3. The van der Waals surface area contributed by atoms with Crippen molar-refractivity contribution < 1.29 is 9.53 Å². The highest BCUT2D eigenvalue weighted by atomic mass is 16.5. The second-order valence-electron chi connectivity index (χ2n) is 4.83. The number of aromatic nitrogens is 2. The molecule has 0 fully saturated rings. The standard InChI is InChI=1S/C15H18N4O3/c1-10-5-3-4-6-12(10)18-13(20)8-19-14(21)7-11(9-22-2)17-15(19)16/h3-7H,8-9H2,1-2H3,(H2,16,17)(H,18,20). The third-order valence-electron chi connectivity index (χ3n) is 3.10. The van der Waals surface area contributed by atoms with Crippen molar-refractivity contribution in [1.82, 2.24) is 9.55 Å². The first kappa shape index (κ1) is 15.7. The van der Waals surface area contributed by atoms with Gasteiger partial charge < -0.3 is 15.8 Å². The van der Waals surface area contributed by atoms with Crippen molar-refractivity contribution in [2.24, 2.45) is 0 Å². The first-order valence-electron chi connectivity index (χ1n) is 6.72. The molecule has 2 rings (SSSR count). The zero-order chi connectivity index (χ0) is 16.1. The van der Waals surface area contributed by atoms with Crippen molar-refractivity contribution in [2.45, 2.75) is 20.1 Å². The predicted octanol–water partition coefficient (Wildman–Crippen LogP) is 0.919. The molecule has 3 N–H and O–H groups in total. The summed E-state index contributed by atoms with van der Waals surface area (Å²) in [5.74, 6) is -0.358. The number of nitrogens with two attached hydrogens (primary N) is 1. The molecule has 0 saturated heterocycles. The van der Waals surface area contributed by atoms with Crippen molar-refractivity contribution >= 4 is 17.5 Å². The molecule has 1 aromatic heterocycles. The Morgan fingerprint density at radius 3 is 2.77 bits per heavy atom. The van der Waals surface area contributed by atoms with E-state index in [0.29, 0.717) is 11.4 Å². The first-order valence-corrected chi connectivity index (χ1v) is 6.72.